The number of fused-ring (bicyclic) bond motifs is 1. The van der Waals surface area contributed by atoms with Crippen LogP contribution in [0.5, 0.6) is 0 Å². The quantitative estimate of drug-likeness (QED) is 0.517. The molecule has 0 spiro atoms. The molecule has 0 radical (unpaired) electrons. The van der Waals surface area contributed by atoms with E-state index < -0.39 is 0 Å². The summed E-state index contributed by atoms with van der Waals surface area (Å²) in [5.41, 5.74) is 2.94. The summed E-state index contributed by atoms with van der Waals surface area (Å²) in [5, 5.41) is 6.56. The maximum Gasteiger partial charge on any atom is 0.254 e. The lowest BCUT2D eigenvalue weighted by Gasteiger charge is -2.37. The molecule has 5 aliphatic rings. The lowest BCUT2D eigenvalue weighted by atomic mass is 9.63. The molecule has 26 heavy (non-hydrogen) atoms. The van der Waals surface area contributed by atoms with Gasteiger partial charge in [0.05, 0.1) is 18.1 Å². The largest absolute Gasteiger partial charge is 0.358 e. The maximum atomic E-state index is 13.0. The SMILES string of the molecule is Cc1[nH]c2ccccc2c1/C=N\N1C(=O)[C@@H]2[C@H]3C=C[C@@H]([C@@H]4C[C@H]34)[C@@H]2C1=O. The highest BCUT2D eigenvalue weighted by molar-refractivity contribution is 6.07. The smallest absolute Gasteiger partial charge is 0.254 e. The van der Waals surface area contributed by atoms with Gasteiger partial charge in [-0.25, -0.2) is 0 Å². The Hall–Kier alpha value is -2.69. The summed E-state index contributed by atoms with van der Waals surface area (Å²) in [5.74, 6) is 1.09. The fourth-order valence-electron chi connectivity index (χ4n) is 5.64. The molecule has 1 saturated heterocycles. The van der Waals surface area contributed by atoms with E-state index in [1.54, 1.807) is 6.21 Å². The molecule has 5 nitrogen and oxygen atoms in total. The molecule has 2 heterocycles. The zero-order chi connectivity index (χ0) is 17.6. The van der Waals surface area contributed by atoms with Gasteiger partial charge in [-0.05, 0) is 43.1 Å². The van der Waals surface area contributed by atoms with Crippen molar-refractivity contribution in [3.8, 4) is 0 Å². The van der Waals surface area contributed by atoms with E-state index in [0.29, 0.717) is 11.8 Å². The predicted octanol–water partition coefficient (Wildman–Crippen LogP) is 2.86. The van der Waals surface area contributed by atoms with E-state index in [0.717, 1.165) is 27.2 Å². The number of aromatic amines is 1. The van der Waals surface area contributed by atoms with Crippen LogP contribution in [-0.4, -0.2) is 28.0 Å². The maximum absolute atomic E-state index is 13.0. The van der Waals surface area contributed by atoms with E-state index in [-0.39, 0.29) is 35.5 Å². The number of hydrazone groups is 1. The van der Waals surface area contributed by atoms with Gasteiger partial charge in [-0.1, -0.05) is 30.4 Å². The number of para-hydroxylation sites is 1. The summed E-state index contributed by atoms with van der Waals surface area (Å²) in [6.07, 6.45) is 7.20. The molecule has 3 fully saturated rings. The molecule has 6 atom stereocenters. The van der Waals surface area contributed by atoms with E-state index in [9.17, 15) is 9.59 Å². The first-order valence-corrected chi connectivity index (χ1v) is 9.32. The number of amides is 2. The Bertz CT molecular complexity index is 997. The monoisotopic (exact) mass is 345 g/mol. The Morgan fingerprint density at radius 2 is 1.73 bits per heavy atom. The molecular formula is C21H19N3O2. The van der Waals surface area contributed by atoms with Crippen molar-refractivity contribution in [2.75, 3.05) is 0 Å². The van der Waals surface area contributed by atoms with Crippen molar-refractivity contribution >= 4 is 28.9 Å². The molecule has 1 N–H and O–H groups in total. The molecule has 2 saturated carbocycles. The number of benzene rings is 1. The highest BCUT2D eigenvalue weighted by atomic mass is 16.2. The van der Waals surface area contributed by atoms with Gasteiger partial charge in [0.15, 0.2) is 0 Å². The lowest BCUT2D eigenvalue weighted by Crippen LogP contribution is -2.40. The van der Waals surface area contributed by atoms with Crippen LogP contribution in [0.2, 0.25) is 0 Å². The number of H-pyrrole nitrogens is 1. The van der Waals surface area contributed by atoms with Gasteiger partial charge in [0.1, 0.15) is 0 Å². The van der Waals surface area contributed by atoms with E-state index in [2.05, 4.69) is 22.2 Å². The summed E-state index contributed by atoms with van der Waals surface area (Å²) >= 11 is 0. The molecule has 2 aromatic rings. The average molecular weight is 345 g/mol. The van der Waals surface area contributed by atoms with Crippen molar-refractivity contribution in [2.45, 2.75) is 13.3 Å². The van der Waals surface area contributed by atoms with Gasteiger partial charge in [-0.2, -0.15) is 10.1 Å². The number of nitrogens with zero attached hydrogens (tertiary/aromatic N) is 2. The highest BCUT2D eigenvalue weighted by Crippen LogP contribution is 2.65. The Morgan fingerprint density at radius 1 is 1.08 bits per heavy atom. The fraction of sp³-hybridized carbons (Fsp3) is 0.381. The van der Waals surface area contributed by atoms with Crippen LogP contribution in [0.1, 0.15) is 17.7 Å². The number of carbonyl (C=O) groups is 2. The van der Waals surface area contributed by atoms with Crippen LogP contribution >= 0.6 is 0 Å². The number of hydrogen-bond donors (Lipinski definition) is 1. The van der Waals surface area contributed by atoms with Gasteiger partial charge in [-0.3, -0.25) is 9.59 Å². The van der Waals surface area contributed by atoms with Gasteiger partial charge in [0, 0.05) is 22.2 Å². The Labute approximate surface area is 150 Å². The number of rotatable bonds is 2. The Balaban J connectivity index is 1.36. The van der Waals surface area contributed by atoms with Crippen molar-refractivity contribution in [2.24, 2.45) is 40.6 Å². The first-order valence-electron chi connectivity index (χ1n) is 9.32. The van der Waals surface area contributed by atoms with E-state index in [1.165, 1.54) is 6.42 Å². The number of hydrogen-bond acceptors (Lipinski definition) is 3. The molecule has 2 bridgehead atoms. The molecule has 0 unspecified atom stereocenters. The van der Waals surface area contributed by atoms with E-state index in [1.807, 2.05) is 31.2 Å². The Morgan fingerprint density at radius 3 is 2.42 bits per heavy atom. The third-order valence-electron chi connectivity index (χ3n) is 6.89. The zero-order valence-electron chi connectivity index (χ0n) is 14.4. The van der Waals surface area contributed by atoms with Crippen LogP contribution in [0.4, 0.5) is 0 Å². The summed E-state index contributed by atoms with van der Waals surface area (Å²) in [4.78, 5) is 29.2. The van der Waals surface area contributed by atoms with Crippen LogP contribution in [0.15, 0.2) is 41.5 Å². The fourth-order valence-corrected chi connectivity index (χ4v) is 5.64. The number of nitrogens with one attached hydrogen (secondary N) is 1. The van der Waals surface area contributed by atoms with Crippen LogP contribution in [0, 0.1) is 42.4 Å². The predicted molar refractivity (Wildman–Crippen MR) is 97.2 cm³/mol. The van der Waals surface area contributed by atoms with Gasteiger partial charge < -0.3 is 4.98 Å². The lowest BCUT2D eigenvalue weighted by molar-refractivity contribution is -0.140. The summed E-state index contributed by atoms with van der Waals surface area (Å²) in [6.45, 7) is 1.98. The Kier molecular flexibility index (Phi) is 2.63. The van der Waals surface area contributed by atoms with Crippen molar-refractivity contribution in [1.82, 2.24) is 9.99 Å². The number of imide groups is 1. The van der Waals surface area contributed by atoms with Gasteiger partial charge >= 0.3 is 0 Å². The molecule has 2 amide bonds. The first-order chi connectivity index (χ1) is 12.6. The van der Waals surface area contributed by atoms with Crippen molar-refractivity contribution < 1.29 is 9.59 Å². The molecule has 7 rings (SSSR count). The van der Waals surface area contributed by atoms with Crippen molar-refractivity contribution in [3.63, 3.8) is 0 Å². The molecule has 1 aromatic carbocycles. The molecule has 1 aliphatic heterocycles. The second kappa shape index (κ2) is 4.72. The molecule has 130 valence electrons. The number of aromatic nitrogens is 1. The first kappa shape index (κ1) is 14.5. The molecule has 4 aliphatic carbocycles. The molecular weight excluding hydrogens is 326 g/mol. The second-order valence-electron chi connectivity index (χ2n) is 8.10. The van der Waals surface area contributed by atoms with Gasteiger partial charge in [0.25, 0.3) is 11.8 Å². The average Bonchev–Trinajstić information content (AvgIpc) is 3.36. The molecule has 5 heteroatoms. The minimum absolute atomic E-state index is 0.113. The normalized spacial score (nSPS) is 37.0. The third kappa shape index (κ3) is 1.68. The third-order valence-corrected chi connectivity index (χ3v) is 6.89. The minimum atomic E-state index is -0.192. The summed E-state index contributed by atoms with van der Waals surface area (Å²) in [7, 11) is 0. The zero-order valence-corrected chi connectivity index (χ0v) is 14.4. The highest BCUT2D eigenvalue weighted by Gasteiger charge is 2.67. The minimum Gasteiger partial charge on any atom is -0.358 e. The standard InChI is InChI=1S/C21H19N3O2/c1-10-16(11-4-2-3-5-17(11)23-10)9-22-24-20(25)18-12-6-7-13(15-8-14(12)15)19(18)21(24)26/h2-7,9,12-15,18-19,23H,8H2,1H3/b22-9-/t12-,13-,14-,15+,18-,19+/m0/s1. The summed E-state index contributed by atoms with van der Waals surface area (Å²) < 4.78 is 0. The van der Waals surface area contributed by atoms with E-state index in [4.69, 9.17) is 0 Å². The van der Waals surface area contributed by atoms with Gasteiger partial charge in [-0.15, -0.1) is 0 Å². The molecule has 1 aromatic heterocycles. The van der Waals surface area contributed by atoms with Crippen LogP contribution in [0.3, 0.4) is 0 Å². The van der Waals surface area contributed by atoms with E-state index >= 15 is 0 Å². The summed E-state index contributed by atoms with van der Waals surface area (Å²) in [6, 6.07) is 7.98. The van der Waals surface area contributed by atoms with Crippen LogP contribution in [0.25, 0.3) is 10.9 Å². The number of carbonyl (C=O) groups excluding carboxylic acids is 2. The second-order valence-corrected chi connectivity index (χ2v) is 8.10. The van der Waals surface area contributed by atoms with Gasteiger partial charge in [0.2, 0.25) is 0 Å². The topological polar surface area (TPSA) is 65.5 Å². The van der Waals surface area contributed by atoms with Crippen molar-refractivity contribution in [3.05, 3.63) is 47.7 Å². The number of aryl methyl sites for hydroxylation is 1. The van der Waals surface area contributed by atoms with Crippen LogP contribution < -0.4 is 0 Å². The van der Waals surface area contributed by atoms with Crippen molar-refractivity contribution in [1.29, 1.82) is 0 Å². The van der Waals surface area contributed by atoms with Crippen LogP contribution in [-0.2, 0) is 9.59 Å². The number of allylic oxidation sites excluding steroid dienone is 2.